The van der Waals surface area contributed by atoms with Crippen molar-refractivity contribution in [2.24, 2.45) is 64.0 Å². The Morgan fingerprint density at radius 2 is 0.667 bits per heavy atom. The summed E-state index contributed by atoms with van der Waals surface area (Å²) >= 11 is 0. The summed E-state index contributed by atoms with van der Waals surface area (Å²) in [5.41, 5.74) is 34.9. The van der Waals surface area contributed by atoms with Crippen LogP contribution < -0.4 is 82.3 Å². The summed E-state index contributed by atoms with van der Waals surface area (Å²) in [5, 5.41) is 25.5. The monoisotopic (exact) mass is 1230 g/mol. The van der Waals surface area contributed by atoms with Crippen LogP contribution in [0.3, 0.4) is 0 Å². The van der Waals surface area contributed by atoms with Crippen LogP contribution in [-0.4, -0.2) is 146 Å². The molecule has 0 spiro atoms. The van der Waals surface area contributed by atoms with Gasteiger partial charge in [-0.15, -0.1) is 0 Å². The molecule has 0 saturated heterocycles. The van der Waals surface area contributed by atoms with Gasteiger partial charge in [-0.3, -0.25) is 47.9 Å². The zero-order valence-electron chi connectivity index (χ0n) is 53.8. The molecule has 10 atom stereocenters. The lowest BCUT2D eigenvalue weighted by atomic mass is 9.84. The van der Waals surface area contributed by atoms with Crippen molar-refractivity contribution in [2.45, 2.75) is 269 Å². The van der Waals surface area contributed by atoms with Crippen LogP contribution in [0, 0.1) is 29.6 Å². The standard InChI is InChI=1S/C62H117N15O10/c1-7-41(6)53(62(87)73-46(28-16-20-32-65)56(81)70-45(27-15-19-31-64)57(82)75-50(35-40(4)5)60(85)74-48(54(68)79)36-42-22-10-8-11-23-42)77-58(83)47(29-17-21-33-66)71-55(80)44(26-14-18-30-63)72-59(84)49(34-39(2)3)76-61(86)51(69-52(78)38-67)37-43-24-12-9-13-25-43/h39-51,53H,7-38,63-67H2,1-6H3,(H2,68,79)(H,69,78)(H,70,81)(H,71,80)(H,72,84)(H,73,87)(H,74,85)(H,75,82)(H,76,86)(H,77,83)/t41-,44-,45-,46-,47-,48-,49-,50-,51-,53-/m0/s1. The van der Waals surface area contributed by atoms with E-state index >= 15 is 0 Å². The number of rotatable bonds is 45. The lowest BCUT2D eigenvalue weighted by Gasteiger charge is -2.30. The van der Waals surface area contributed by atoms with E-state index < -0.39 is 119 Å². The number of amides is 10. The Morgan fingerprint density at radius 1 is 0.368 bits per heavy atom. The summed E-state index contributed by atoms with van der Waals surface area (Å²) in [6.07, 6.45) is 15.9. The third-order valence-electron chi connectivity index (χ3n) is 16.9. The van der Waals surface area contributed by atoms with Crippen LogP contribution in [-0.2, 0) is 47.9 Å². The smallest absolute Gasteiger partial charge is 0.243 e. The fourth-order valence-electron chi connectivity index (χ4n) is 11.5. The molecule has 0 aromatic heterocycles. The minimum atomic E-state index is -1.22. The van der Waals surface area contributed by atoms with Crippen molar-refractivity contribution < 1.29 is 47.9 Å². The first-order valence-electron chi connectivity index (χ1n) is 33.0. The number of nitrogens with one attached hydrogen (secondary N) is 9. The molecule has 0 aromatic carbocycles. The van der Waals surface area contributed by atoms with Gasteiger partial charge in [-0.25, -0.2) is 0 Å². The van der Waals surface area contributed by atoms with Crippen LogP contribution in [0.25, 0.3) is 0 Å². The van der Waals surface area contributed by atoms with Crippen LogP contribution in [0.1, 0.15) is 215 Å². The van der Waals surface area contributed by atoms with E-state index in [-0.39, 0.29) is 68.7 Å². The fourth-order valence-corrected chi connectivity index (χ4v) is 11.5. The lowest BCUT2D eigenvalue weighted by molar-refractivity contribution is -0.137. The Hall–Kier alpha value is -5.50. The molecule has 2 aliphatic rings. The van der Waals surface area contributed by atoms with Gasteiger partial charge in [0.2, 0.25) is 59.1 Å². The second-order valence-corrected chi connectivity index (χ2v) is 25.4. The van der Waals surface area contributed by atoms with Gasteiger partial charge in [0.1, 0.15) is 54.4 Å². The van der Waals surface area contributed by atoms with Gasteiger partial charge in [-0.1, -0.05) is 112 Å². The summed E-state index contributed by atoms with van der Waals surface area (Å²) < 4.78 is 0. The van der Waals surface area contributed by atoms with E-state index in [4.69, 9.17) is 34.4 Å². The third-order valence-corrected chi connectivity index (χ3v) is 16.9. The number of hydrogen-bond acceptors (Lipinski definition) is 15. The van der Waals surface area contributed by atoms with Crippen molar-refractivity contribution in [1.29, 1.82) is 0 Å². The predicted molar refractivity (Wildman–Crippen MR) is 338 cm³/mol. The molecule has 2 fully saturated rings. The van der Waals surface area contributed by atoms with Gasteiger partial charge < -0.3 is 82.3 Å². The molecule has 25 heteroatoms. The minimum Gasteiger partial charge on any atom is -0.368 e. The Bertz CT molecular complexity index is 2090. The van der Waals surface area contributed by atoms with Crippen molar-refractivity contribution in [3.8, 4) is 0 Å². The van der Waals surface area contributed by atoms with E-state index in [1.807, 2.05) is 34.6 Å². The molecule has 2 rings (SSSR count). The molecule has 0 radical (unpaired) electrons. The normalized spacial score (nSPS) is 17.4. The molecule has 0 heterocycles. The van der Waals surface area contributed by atoms with Gasteiger partial charge in [0.15, 0.2) is 0 Å². The van der Waals surface area contributed by atoms with E-state index in [0.29, 0.717) is 96.8 Å². The van der Waals surface area contributed by atoms with Crippen LogP contribution in [0.5, 0.6) is 0 Å². The minimum absolute atomic E-state index is 0.0593. The second-order valence-electron chi connectivity index (χ2n) is 25.4. The topological polar surface area (TPSA) is 435 Å². The highest BCUT2D eigenvalue weighted by Gasteiger charge is 2.37. The number of hydrogen-bond donors (Lipinski definition) is 15. The molecule has 0 aromatic rings. The van der Waals surface area contributed by atoms with E-state index in [1.165, 1.54) is 0 Å². The maximum absolute atomic E-state index is 14.6. The summed E-state index contributed by atoms with van der Waals surface area (Å²) in [7, 11) is 0. The molecule has 2 aliphatic carbocycles. The van der Waals surface area contributed by atoms with E-state index in [9.17, 15) is 47.9 Å². The molecule has 10 amide bonds. The number of carbonyl (C=O) groups excluding carboxylic acids is 10. The lowest BCUT2D eigenvalue weighted by Crippen LogP contribution is -2.61. The number of primary amides is 1. The molecular formula is C62H117N15O10. The highest BCUT2D eigenvalue weighted by atomic mass is 16.2. The molecule has 0 unspecified atom stereocenters. The highest BCUT2D eigenvalue weighted by molar-refractivity contribution is 5.98. The number of unbranched alkanes of at least 4 members (excludes halogenated alkanes) is 4. The molecule has 25 nitrogen and oxygen atoms in total. The maximum atomic E-state index is 14.6. The van der Waals surface area contributed by atoms with Crippen molar-refractivity contribution >= 4 is 59.1 Å². The van der Waals surface area contributed by atoms with E-state index in [0.717, 1.165) is 64.2 Å². The zero-order chi connectivity index (χ0) is 64.8. The van der Waals surface area contributed by atoms with Crippen LogP contribution in [0.15, 0.2) is 0 Å². The summed E-state index contributed by atoms with van der Waals surface area (Å²) in [4.78, 5) is 140. The molecule has 2 saturated carbocycles. The Labute approximate surface area is 519 Å². The second kappa shape index (κ2) is 44.0. The van der Waals surface area contributed by atoms with Crippen molar-refractivity contribution in [2.75, 3.05) is 32.7 Å². The fraction of sp³-hybridized carbons (Fsp3) is 0.839. The highest BCUT2D eigenvalue weighted by Crippen LogP contribution is 2.29. The van der Waals surface area contributed by atoms with Gasteiger partial charge in [0.05, 0.1) is 6.54 Å². The Morgan fingerprint density at radius 3 is 0.989 bits per heavy atom. The van der Waals surface area contributed by atoms with Crippen molar-refractivity contribution in [3.05, 3.63) is 0 Å². The summed E-state index contributed by atoms with van der Waals surface area (Å²) in [6.45, 7) is 12.1. The zero-order valence-corrected chi connectivity index (χ0v) is 53.8. The molecule has 21 N–H and O–H groups in total. The number of carbonyl (C=O) groups is 10. The van der Waals surface area contributed by atoms with Crippen molar-refractivity contribution in [3.63, 3.8) is 0 Å². The molecule has 0 bridgehead atoms. The first-order valence-corrected chi connectivity index (χ1v) is 33.0. The van der Waals surface area contributed by atoms with E-state index in [1.54, 1.807) is 6.92 Å². The summed E-state index contributed by atoms with van der Waals surface area (Å²) in [5.74, 6) is -6.49. The first kappa shape index (κ1) is 77.6. The Kier molecular flexibility index (Phi) is 39.3. The SMILES string of the molecule is CC[C@H](C)[C@H](NC(=O)[C@H](CCCCN)NC(=O)[C@H](CCCCN)NC(=O)[C@H](CC(C)C)NC(=O)[C@H](CC1CCCCC1)NC(=O)CN)C(=O)N[C@@H](CCCCN)C(=O)N[C@@H](CCCCN)C(=O)N[C@@H](CC(C)C)C(=O)N[C@@H](CC1CCCCC1)C(N)=O. The average Bonchev–Trinajstić information content (AvgIpc) is 3.62. The van der Waals surface area contributed by atoms with Gasteiger partial charge in [-0.05, 0) is 159 Å². The summed E-state index contributed by atoms with van der Waals surface area (Å²) in [6, 6.07) is -10.0. The quantitative estimate of drug-likeness (QED) is 0.0383. The first-order chi connectivity index (χ1) is 41.5. The third kappa shape index (κ3) is 31.0. The van der Waals surface area contributed by atoms with Crippen LogP contribution >= 0.6 is 0 Å². The van der Waals surface area contributed by atoms with Gasteiger partial charge >= 0.3 is 0 Å². The van der Waals surface area contributed by atoms with Crippen LogP contribution in [0.2, 0.25) is 0 Å². The van der Waals surface area contributed by atoms with E-state index in [2.05, 4.69) is 47.9 Å². The molecule has 0 aliphatic heterocycles. The van der Waals surface area contributed by atoms with Crippen LogP contribution in [0.4, 0.5) is 0 Å². The van der Waals surface area contributed by atoms with Gasteiger partial charge in [0.25, 0.3) is 0 Å². The van der Waals surface area contributed by atoms with Gasteiger partial charge in [-0.2, -0.15) is 0 Å². The average molecular weight is 1230 g/mol. The van der Waals surface area contributed by atoms with Gasteiger partial charge in [0, 0.05) is 0 Å². The molecular weight excluding hydrogens is 1110 g/mol. The maximum Gasteiger partial charge on any atom is 0.243 e. The Balaban J connectivity index is 2.45. The molecule has 87 heavy (non-hydrogen) atoms. The predicted octanol–water partition coefficient (Wildman–Crippen LogP) is 1.39. The molecule has 500 valence electrons. The van der Waals surface area contributed by atoms with Crippen molar-refractivity contribution in [1.82, 2.24) is 47.9 Å². The largest absolute Gasteiger partial charge is 0.368 e. The number of nitrogens with two attached hydrogens (primary N) is 6.